The van der Waals surface area contributed by atoms with E-state index in [4.69, 9.17) is 11.2 Å². The first-order chi connectivity index (χ1) is 6.24. The Morgan fingerprint density at radius 1 is 1.54 bits per heavy atom. The van der Waals surface area contributed by atoms with E-state index < -0.39 is 0 Å². The van der Waals surface area contributed by atoms with Crippen molar-refractivity contribution in [2.45, 2.75) is 20.3 Å². The van der Waals surface area contributed by atoms with Crippen LogP contribution in [0.25, 0.3) is 0 Å². The lowest BCUT2D eigenvalue weighted by Gasteiger charge is -2.03. The van der Waals surface area contributed by atoms with Gasteiger partial charge in [-0.05, 0) is 19.4 Å². The van der Waals surface area contributed by atoms with Gasteiger partial charge in [0.15, 0.2) is 0 Å². The molecule has 3 nitrogen and oxygen atoms in total. The zero-order chi connectivity index (χ0) is 9.68. The fraction of sp³-hybridized carbons (Fsp3) is 0.400. The Kier molecular flexibility index (Phi) is 3.27. The number of nitrogens with zero attached hydrogens (tertiary/aromatic N) is 2. The largest absolute Gasteiger partial charge is 0.462 e. The van der Waals surface area contributed by atoms with Gasteiger partial charge in [-0.1, -0.05) is 0 Å². The lowest BCUT2D eigenvalue weighted by Crippen LogP contribution is -2.01. The summed E-state index contributed by atoms with van der Waals surface area (Å²) >= 11 is 0. The van der Waals surface area contributed by atoms with E-state index in [0.29, 0.717) is 19.0 Å². The van der Waals surface area contributed by atoms with E-state index in [2.05, 4.69) is 15.9 Å². The Labute approximate surface area is 78.2 Å². The number of hydrogen-bond donors (Lipinski definition) is 0. The Morgan fingerprint density at radius 3 is 2.92 bits per heavy atom. The van der Waals surface area contributed by atoms with Gasteiger partial charge in [0, 0.05) is 18.3 Å². The standard InChI is InChI=1S/C10H12N2O/c1-4-5-6-13-10-11-7-8(2)9(3)12-10/h1,7H,5-6H2,2-3H3. The monoisotopic (exact) mass is 176 g/mol. The second kappa shape index (κ2) is 4.46. The SMILES string of the molecule is C#CCCOc1ncc(C)c(C)n1. The molecule has 1 heterocycles. The fourth-order valence-corrected chi connectivity index (χ4v) is 0.777. The van der Waals surface area contributed by atoms with Gasteiger partial charge in [-0.15, -0.1) is 12.3 Å². The van der Waals surface area contributed by atoms with Crippen LogP contribution in [-0.4, -0.2) is 16.6 Å². The third kappa shape index (κ3) is 2.75. The number of aryl methyl sites for hydroxylation is 2. The predicted octanol–water partition coefficient (Wildman–Crippen LogP) is 1.50. The van der Waals surface area contributed by atoms with Crippen LogP contribution in [0.5, 0.6) is 6.01 Å². The van der Waals surface area contributed by atoms with E-state index >= 15 is 0 Å². The molecular formula is C10H12N2O. The number of aromatic nitrogens is 2. The molecule has 0 aliphatic carbocycles. The summed E-state index contributed by atoms with van der Waals surface area (Å²) in [5, 5.41) is 0. The smallest absolute Gasteiger partial charge is 0.316 e. The van der Waals surface area contributed by atoms with Gasteiger partial charge in [-0.25, -0.2) is 9.97 Å². The summed E-state index contributed by atoms with van der Waals surface area (Å²) in [6, 6.07) is 0.401. The van der Waals surface area contributed by atoms with E-state index in [-0.39, 0.29) is 0 Å². The fourth-order valence-electron chi connectivity index (χ4n) is 0.777. The van der Waals surface area contributed by atoms with E-state index in [1.54, 1.807) is 6.20 Å². The summed E-state index contributed by atoms with van der Waals surface area (Å²) < 4.78 is 5.22. The second-order valence-electron chi connectivity index (χ2n) is 2.72. The van der Waals surface area contributed by atoms with Crippen LogP contribution >= 0.6 is 0 Å². The Morgan fingerprint density at radius 2 is 2.31 bits per heavy atom. The molecule has 0 atom stereocenters. The number of terminal acetylenes is 1. The van der Waals surface area contributed by atoms with Gasteiger partial charge in [-0.3, -0.25) is 0 Å². The first-order valence-corrected chi connectivity index (χ1v) is 4.10. The lowest BCUT2D eigenvalue weighted by atomic mass is 10.3. The minimum Gasteiger partial charge on any atom is -0.462 e. The Balaban J connectivity index is 2.59. The van der Waals surface area contributed by atoms with Crippen molar-refractivity contribution in [1.82, 2.24) is 9.97 Å². The van der Waals surface area contributed by atoms with Crippen LogP contribution in [0.15, 0.2) is 6.20 Å². The summed E-state index contributed by atoms with van der Waals surface area (Å²) in [5.74, 6) is 2.48. The van der Waals surface area contributed by atoms with Crippen molar-refractivity contribution < 1.29 is 4.74 Å². The van der Waals surface area contributed by atoms with Crippen molar-refractivity contribution in [1.29, 1.82) is 0 Å². The minimum atomic E-state index is 0.401. The lowest BCUT2D eigenvalue weighted by molar-refractivity contribution is 0.300. The molecule has 1 aromatic heterocycles. The molecule has 0 aliphatic rings. The number of hydrogen-bond acceptors (Lipinski definition) is 3. The Hall–Kier alpha value is -1.56. The van der Waals surface area contributed by atoms with Crippen LogP contribution in [0.3, 0.4) is 0 Å². The molecule has 1 aromatic rings. The average Bonchev–Trinajstić information content (AvgIpc) is 2.12. The van der Waals surface area contributed by atoms with Crippen LogP contribution in [-0.2, 0) is 0 Å². The van der Waals surface area contributed by atoms with Crippen molar-refractivity contribution in [3.63, 3.8) is 0 Å². The molecule has 13 heavy (non-hydrogen) atoms. The molecule has 0 amide bonds. The maximum Gasteiger partial charge on any atom is 0.316 e. The molecule has 0 spiro atoms. The minimum absolute atomic E-state index is 0.401. The van der Waals surface area contributed by atoms with Gasteiger partial charge in [0.25, 0.3) is 0 Å². The van der Waals surface area contributed by atoms with Crippen LogP contribution < -0.4 is 4.74 Å². The van der Waals surface area contributed by atoms with Crippen LogP contribution in [0.2, 0.25) is 0 Å². The maximum atomic E-state index is 5.22. The van der Waals surface area contributed by atoms with Crippen LogP contribution in [0.4, 0.5) is 0 Å². The highest BCUT2D eigenvalue weighted by atomic mass is 16.5. The first-order valence-electron chi connectivity index (χ1n) is 4.10. The van der Waals surface area contributed by atoms with Gasteiger partial charge in [0.1, 0.15) is 6.61 Å². The van der Waals surface area contributed by atoms with Crippen molar-refractivity contribution in [3.05, 3.63) is 17.5 Å². The summed E-state index contributed by atoms with van der Waals surface area (Å²) in [5.41, 5.74) is 2.00. The molecule has 0 bridgehead atoms. The molecule has 0 N–H and O–H groups in total. The normalized spacial score (nSPS) is 9.31. The van der Waals surface area contributed by atoms with E-state index in [0.717, 1.165) is 11.3 Å². The first kappa shape index (κ1) is 9.53. The van der Waals surface area contributed by atoms with Crippen molar-refractivity contribution in [2.24, 2.45) is 0 Å². The van der Waals surface area contributed by atoms with Crippen LogP contribution in [0, 0.1) is 26.2 Å². The van der Waals surface area contributed by atoms with Gasteiger partial charge in [0.05, 0.1) is 0 Å². The maximum absolute atomic E-state index is 5.22. The van der Waals surface area contributed by atoms with E-state index in [1.807, 2.05) is 13.8 Å². The molecule has 0 fully saturated rings. The summed E-state index contributed by atoms with van der Waals surface area (Å²) in [6.07, 6.45) is 7.40. The molecular weight excluding hydrogens is 164 g/mol. The second-order valence-corrected chi connectivity index (χ2v) is 2.72. The molecule has 0 aromatic carbocycles. The molecule has 0 unspecified atom stereocenters. The zero-order valence-electron chi connectivity index (χ0n) is 7.87. The summed E-state index contributed by atoms with van der Waals surface area (Å²) in [6.45, 7) is 4.35. The summed E-state index contributed by atoms with van der Waals surface area (Å²) in [7, 11) is 0. The average molecular weight is 176 g/mol. The molecule has 0 saturated heterocycles. The molecule has 0 saturated carbocycles. The molecule has 0 radical (unpaired) electrons. The third-order valence-electron chi connectivity index (χ3n) is 1.68. The van der Waals surface area contributed by atoms with Gasteiger partial charge < -0.3 is 4.74 Å². The quantitative estimate of drug-likeness (QED) is 0.517. The van der Waals surface area contributed by atoms with E-state index in [1.165, 1.54) is 0 Å². The molecule has 0 aliphatic heterocycles. The molecule has 3 heteroatoms. The summed E-state index contributed by atoms with van der Waals surface area (Å²) in [4.78, 5) is 8.15. The van der Waals surface area contributed by atoms with Gasteiger partial charge >= 0.3 is 6.01 Å². The van der Waals surface area contributed by atoms with Gasteiger partial charge in [0.2, 0.25) is 0 Å². The number of ether oxygens (including phenoxy) is 1. The van der Waals surface area contributed by atoms with Gasteiger partial charge in [-0.2, -0.15) is 0 Å². The highest BCUT2D eigenvalue weighted by Crippen LogP contribution is 2.06. The Bertz CT molecular complexity index is 328. The molecule has 1 rings (SSSR count). The molecule has 68 valence electrons. The number of rotatable bonds is 3. The zero-order valence-corrected chi connectivity index (χ0v) is 7.87. The van der Waals surface area contributed by atoms with E-state index in [9.17, 15) is 0 Å². The van der Waals surface area contributed by atoms with Crippen LogP contribution in [0.1, 0.15) is 17.7 Å². The highest BCUT2D eigenvalue weighted by Gasteiger charge is 1.99. The van der Waals surface area contributed by atoms with Crippen molar-refractivity contribution in [2.75, 3.05) is 6.61 Å². The predicted molar refractivity (Wildman–Crippen MR) is 50.5 cm³/mol. The highest BCUT2D eigenvalue weighted by molar-refractivity contribution is 5.15. The van der Waals surface area contributed by atoms with Crippen molar-refractivity contribution >= 4 is 0 Å². The third-order valence-corrected chi connectivity index (χ3v) is 1.68. The van der Waals surface area contributed by atoms with Crippen molar-refractivity contribution in [3.8, 4) is 18.4 Å². The topological polar surface area (TPSA) is 35.0 Å².